The highest BCUT2D eigenvalue weighted by Crippen LogP contribution is 2.22. The van der Waals surface area contributed by atoms with Crippen molar-refractivity contribution in [1.82, 2.24) is 20.6 Å². The second kappa shape index (κ2) is 5.48. The maximum atomic E-state index is 4.09. The van der Waals surface area contributed by atoms with Gasteiger partial charge in [0, 0.05) is 5.57 Å². The van der Waals surface area contributed by atoms with Gasteiger partial charge >= 0.3 is 0 Å². The first-order valence-corrected chi connectivity index (χ1v) is 6.40. The van der Waals surface area contributed by atoms with Gasteiger partial charge in [-0.25, -0.2) is 0 Å². The number of nitrogens with one attached hydrogen (secondary N) is 1. The minimum absolute atomic E-state index is 0.594. The fourth-order valence-corrected chi connectivity index (χ4v) is 2.00. The first kappa shape index (κ1) is 12.3. The van der Waals surface area contributed by atoms with E-state index in [9.17, 15) is 0 Å². The number of aromatic amines is 1. The number of hydrogen-bond donors (Lipinski definition) is 1. The molecule has 1 N–H and O–H groups in total. The molecule has 0 amide bonds. The normalized spacial score (nSPS) is 11.6. The molecule has 0 fully saturated rings. The summed E-state index contributed by atoms with van der Waals surface area (Å²) in [6.45, 7) is 2.07. The van der Waals surface area contributed by atoms with E-state index in [1.807, 2.05) is 30.3 Å². The number of aromatic nitrogens is 4. The molecule has 0 radical (unpaired) electrons. The van der Waals surface area contributed by atoms with Crippen LogP contribution < -0.4 is 0 Å². The van der Waals surface area contributed by atoms with Crippen LogP contribution in [-0.2, 0) is 0 Å². The van der Waals surface area contributed by atoms with Gasteiger partial charge in [0.15, 0.2) is 0 Å². The molecule has 0 unspecified atom stereocenters. The third kappa shape index (κ3) is 2.64. The number of H-pyrrole nitrogens is 1. The van der Waals surface area contributed by atoms with Gasteiger partial charge in [-0.3, -0.25) is 0 Å². The van der Waals surface area contributed by atoms with E-state index in [4.69, 9.17) is 0 Å². The lowest BCUT2D eigenvalue weighted by atomic mass is 10.0. The average Bonchev–Trinajstić information content (AvgIpc) is 3.01. The van der Waals surface area contributed by atoms with E-state index in [1.54, 1.807) is 0 Å². The molecule has 0 aliphatic carbocycles. The molecule has 0 aliphatic heterocycles. The number of benzene rings is 2. The highest BCUT2D eigenvalue weighted by atomic mass is 15.5. The maximum absolute atomic E-state index is 4.09. The Kier molecular flexibility index (Phi) is 3.37. The van der Waals surface area contributed by atoms with Crippen LogP contribution >= 0.6 is 0 Å². The van der Waals surface area contributed by atoms with Gasteiger partial charge in [-0.1, -0.05) is 60.2 Å². The largest absolute Gasteiger partial charge is 0.205 e. The molecular formula is C16H14N4. The van der Waals surface area contributed by atoms with E-state index in [0.717, 1.165) is 16.7 Å². The minimum Gasteiger partial charge on any atom is -0.177 e. The van der Waals surface area contributed by atoms with Crippen molar-refractivity contribution in [2.45, 2.75) is 6.92 Å². The summed E-state index contributed by atoms with van der Waals surface area (Å²) in [5, 5.41) is 14.3. The standard InChI is InChI=1S/C16H14N4/c1-12-7-9-13(10-8-12)11-15(16-17-19-20-18-16)14-5-3-2-4-6-14/h2-11H,1H3,(H,17,18,19,20). The molecule has 0 bridgehead atoms. The Hall–Kier alpha value is -2.75. The van der Waals surface area contributed by atoms with Crippen molar-refractivity contribution in [2.24, 2.45) is 0 Å². The predicted molar refractivity (Wildman–Crippen MR) is 78.8 cm³/mol. The van der Waals surface area contributed by atoms with Crippen molar-refractivity contribution in [1.29, 1.82) is 0 Å². The molecular weight excluding hydrogens is 248 g/mol. The van der Waals surface area contributed by atoms with Crippen molar-refractivity contribution in [3.63, 3.8) is 0 Å². The molecule has 4 heteroatoms. The van der Waals surface area contributed by atoms with Crippen LogP contribution in [0.4, 0.5) is 0 Å². The van der Waals surface area contributed by atoms with E-state index in [0.29, 0.717) is 5.82 Å². The maximum Gasteiger partial charge on any atom is 0.205 e. The molecule has 20 heavy (non-hydrogen) atoms. The Balaban J connectivity index is 2.08. The average molecular weight is 262 g/mol. The van der Waals surface area contributed by atoms with Crippen LogP contribution in [0.1, 0.15) is 22.5 Å². The number of nitrogens with zero attached hydrogens (tertiary/aromatic N) is 3. The van der Waals surface area contributed by atoms with E-state index >= 15 is 0 Å². The zero-order valence-electron chi connectivity index (χ0n) is 11.1. The fraction of sp³-hybridized carbons (Fsp3) is 0.0625. The molecule has 4 nitrogen and oxygen atoms in total. The molecule has 0 saturated carbocycles. The quantitative estimate of drug-likeness (QED) is 0.738. The summed E-state index contributed by atoms with van der Waals surface area (Å²) >= 11 is 0. The molecule has 98 valence electrons. The van der Waals surface area contributed by atoms with Crippen molar-refractivity contribution >= 4 is 11.6 Å². The van der Waals surface area contributed by atoms with Gasteiger partial charge in [0.2, 0.25) is 5.82 Å². The van der Waals surface area contributed by atoms with Gasteiger partial charge < -0.3 is 0 Å². The summed E-state index contributed by atoms with van der Waals surface area (Å²) in [6.07, 6.45) is 2.07. The van der Waals surface area contributed by atoms with E-state index < -0.39 is 0 Å². The molecule has 0 atom stereocenters. The van der Waals surface area contributed by atoms with E-state index in [2.05, 4.69) is 57.9 Å². The molecule has 0 spiro atoms. The summed E-state index contributed by atoms with van der Waals surface area (Å²) < 4.78 is 0. The molecule has 3 aromatic rings. The predicted octanol–water partition coefficient (Wildman–Crippen LogP) is 3.10. The first-order chi connectivity index (χ1) is 9.83. The van der Waals surface area contributed by atoms with E-state index in [1.165, 1.54) is 5.56 Å². The molecule has 1 aromatic heterocycles. The summed E-state index contributed by atoms with van der Waals surface area (Å²) in [6, 6.07) is 18.4. The molecule has 1 heterocycles. The Morgan fingerprint density at radius 3 is 2.40 bits per heavy atom. The highest BCUT2D eigenvalue weighted by Gasteiger charge is 2.09. The zero-order valence-corrected chi connectivity index (χ0v) is 11.1. The molecule has 3 rings (SSSR count). The molecule has 2 aromatic carbocycles. The number of rotatable bonds is 3. The van der Waals surface area contributed by atoms with Crippen molar-refractivity contribution in [3.05, 3.63) is 77.1 Å². The van der Waals surface area contributed by atoms with Crippen LogP contribution in [0.2, 0.25) is 0 Å². The van der Waals surface area contributed by atoms with Gasteiger partial charge in [-0.2, -0.15) is 5.21 Å². The highest BCUT2D eigenvalue weighted by molar-refractivity contribution is 5.88. The Morgan fingerprint density at radius 1 is 1.00 bits per heavy atom. The van der Waals surface area contributed by atoms with Crippen molar-refractivity contribution < 1.29 is 0 Å². The van der Waals surface area contributed by atoms with Gasteiger partial charge in [-0.05, 0) is 29.3 Å². The van der Waals surface area contributed by atoms with Crippen LogP contribution in [0.3, 0.4) is 0 Å². The minimum atomic E-state index is 0.594. The second-order valence-electron chi connectivity index (χ2n) is 4.57. The van der Waals surface area contributed by atoms with Gasteiger partial charge in [0.25, 0.3) is 0 Å². The summed E-state index contributed by atoms with van der Waals surface area (Å²) in [5.41, 5.74) is 4.36. The number of tetrazole rings is 1. The SMILES string of the molecule is Cc1ccc(C=C(c2ccccc2)c2nn[nH]n2)cc1. The summed E-state index contributed by atoms with van der Waals surface area (Å²) in [7, 11) is 0. The summed E-state index contributed by atoms with van der Waals surface area (Å²) in [4.78, 5) is 0. The zero-order chi connectivity index (χ0) is 13.8. The van der Waals surface area contributed by atoms with Crippen molar-refractivity contribution in [2.75, 3.05) is 0 Å². The summed E-state index contributed by atoms with van der Waals surface area (Å²) in [5.74, 6) is 0.594. The molecule has 0 saturated heterocycles. The third-order valence-electron chi connectivity index (χ3n) is 3.06. The van der Waals surface area contributed by atoms with Gasteiger partial charge in [0.05, 0.1) is 0 Å². The van der Waals surface area contributed by atoms with Crippen LogP contribution in [0.25, 0.3) is 11.6 Å². The van der Waals surface area contributed by atoms with Crippen LogP contribution in [0.15, 0.2) is 54.6 Å². The Bertz CT molecular complexity index is 698. The number of aryl methyl sites for hydroxylation is 1. The lowest BCUT2D eigenvalue weighted by molar-refractivity contribution is 0.881. The lowest BCUT2D eigenvalue weighted by Crippen LogP contribution is -1.91. The van der Waals surface area contributed by atoms with Crippen LogP contribution in [0, 0.1) is 6.92 Å². The smallest absolute Gasteiger partial charge is 0.177 e. The third-order valence-corrected chi connectivity index (χ3v) is 3.06. The van der Waals surface area contributed by atoms with E-state index in [-0.39, 0.29) is 0 Å². The Labute approximate surface area is 117 Å². The van der Waals surface area contributed by atoms with Crippen LogP contribution in [-0.4, -0.2) is 20.6 Å². The van der Waals surface area contributed by atoms with Gasteiger partial charge in [0.1, 0.15) is 0 Å². The number of hydrogen-bond acceptors (Lipinski definition) is 3. The lowest BCUT2D eigenvalue weighted by Gasteiger charge is -2.04. The van der Waals surface area contributed by atoms with Gasteiger partial charge in [-0.15, -0.1) is 10.2 Å². The molecule has 0 aliphatic rings. The van der Waals surface area contributed by atoms with Crippen LogP contribution in [0.5, 0.6) is 0 Å². The second-order valence-corrected chi connectivity index (χ2v) is 4.57. The Morgan fingerprint density at radius 2 is 1.75 bits per heavy atom. The topological polar surface area (TPSA) is 54.5 Å². The first-order valence-electron chi connectivity index (χ1n) is 6.40. The fourth-order valence-electron chi connectivity index (χ4n) is 2.00. The van der Waals surface area contributed by atoms with Crippen molar-refractivity contribution in [3.8, 4) is 0 Å². The monoisotopic (exact) mass is 262 g/mol.